The van der Waals surface area contributed by atoms with Crippen molar-refractivity contribution >= 4 is 22.5 Å². The Morgan fingerprint density at radius 1 is 1.10 bits per heavy atom. The smallest absolute Gasteiger partial charge is 0.272 e. The summed E-state index contributed by atoms with van der Waals surface area (Å²) < 4.78 is 5.43. The second-order valence-electron chi connectivity index (χ2n) is 6.38. The highest BCUT2D eigenvalue weighted by atomic mass is 16.3. The Balaban J connectivity index is 1.66. The zero-order valence-electron chi connectivity index (χ0n) is 15.6. The summed E-state index contributed by atoms with van der Waals surface area (Å²) in [6, 6.07) is 21.8. The van der Waals surface area contributed by atoms with Gasteiger partial charge in [-0.15, -0.1) is 0 Å². The molecular weight excluding hydrogens is 364 g/mol. The Bertz CT molecular complexity index is 1250. The van der Waals surface area contributed by atoms with Crippen molar-refractivity contribution in [3.63, 3.8) is 0 Å². The van der Waals surface area contributed by atoms with Crippen LogP contribution >= 0.6 is 0 Å². The standard InChI is InChI=1S/C23H16N4O2/c1-15(17-10-8-16(14-24)9-11-17)26-27-23(28)19-13-21(22-7-4-12-29-22)25-20-6-3-2-5-18(19)20/h2-13H,1H3,(H,27,28)/b26-15-. The summed E-state index contributed by atoms with van der Waals surface area (Å²) in [6.07, 6.45) is 1.57. The van der Waals surface area contributed by atoms with Crippen LogP contribution in [0.5, 0.6) is 0 Å². The lowest BCUT2D eigenvalue weighted by Gasteiger charge is -2.08. The maximum absolute atomic E-state index is 12.9. The molecule has 2 aromatic heterocycles. The summed E-state index contributed by atoms with van der Waals surface area (Å²) in [7, 11) is 0. The highest BCUT2D eigenvalue weighted by molar-refractivity contribution is 6.08. The van der Waals surface area contributed by atoms with Crippen LogP contribution in [0.1, 0.15) is 28.4 Å². The number of benzene rings is 2. The molecular formula is C23H16N4O2. The lowest BCUT2D eigenvalue weighted by molar-refractivity contribution is 0.0956. The van der Waals surface area contributed by atoms with Crippen LogP contribution in [0.25, 0.3) is 22.4 Å². The first kappa shape index (κ1) is 18.1. The van der Waals surface area contributed by atoms with E-state index in [1.807, 2.05) is 24.3 Å². The molecule has 0 aliphatic heterocycles. The summed E-state index contributed by atoms with van der Waals surface area (Å²) in [5.74, 6) is 0.242. The van der Waals surface area contributed by atoms with E-state index in [0.717, 1.165) is 10.9 Å². The number of hydrazone groups is 1. The number of rotatable bonds is 4. The third-order valence-electron chi connectivity index (χ3n) is 4.49. The Morgan fingerprint density at radius 2 is 1.90 bits per heavy atom. The van der Waals surface area contributed by atoms with Crippen LogP contribution in [0.3, 0.4) is 0 Å². The van der Waals surface area contributed by atoms with Gasteiger partial charge in [-0.1, -0.05) is 30.3 Å². The summed E-state index contributed by atoms with van der Waals surface area (Å²) in [6.45, 7) is 1.79. The van der Waals surface area contributed by atoms with Crippen molar-refractivity contribution in [2.24, 2.45) is 5.10 Å². The molecule has 29 heavy (non-hydrogen) atoms. The van der Waals surface area contributed by atoms with Crippen molar-refractivity contribution in [1.82, 2.24) is 10.4 Å². The quantitative estimate of drug-likeness (QED) is 0.416. The van der Waals surface area contributed by atoms with E-state index < -0.39 is 0 Å². The second kappa shape index (κ2) is 7.79. The van der Waals surface area contributed by atoms with Crippen molar-refractivity contribution in [2.45, 2.75) is 6.92 Å². The fourth-order valence-corrected chi connectivity index (χ4v) is 2.96. The molecule has 140 valence electrons. The number of para-hydroxylation sites is 1. The van der Waals surface area contributed by atoms with E-state index in [9.17, 15) is 4.79 Å². The average molecular weight is 380 g/mol. The van der Waals surface area contributed by atoms with Gasteiger partial charge >= 0.3 is 0 Å². The highest BCUT2D eigenvalue weighted by Crippen LogP contribution is 2.25. The van der Waals surface area contributed by atoms with Crippen LogP contribution in [-0.2, 0) is 0 Å². The fourth-order valence-electron chi connectivity index (χ4n) is 2.96. The van der Waals surface area contributed by atoms with E-state index in [0.29, 0.717) is 33.8 Å². The number of nitrogens with one attached hydrogen (secondary N) is 1. The molecule has 2 heterocycles. The molecule has 0 saturated carbocycles. The van der Waals surface area contributed by atoms with Gasteiger partial charge in [0.2, 0.25) is 0 Å². The number of aromatic nitrogens is 1. The van der Waals surface area contributed by atoms with E-state index in [4.69, 9.17) is 9.68 Å². The normalized spacial score (nSPS) is 11.2. The predicted molar refractivity (Wildman–Crippen MR) is 110 cm³/mol. The number of amides is 1. The van der Waals surface area contributed by atoms with Gasteiger partial charge in [-0.2, -0.15) is 10.4 Å². The first-order valence-corrected chi connectivity index (χ1v) is 8.94. The molecule has 0 saturated heterocycles. The molecule has 0 spiro atoms. The first-order chi connectivity index (χ1) is 14.2. The minimum absolute atomic E-state index is 0.343. The van der Waals surface area contributed by atoms with E-state index >= 15 is 0 Å². The first-order valence-electron chi connectivity index (χ1n) is 8.94. The Labute approximate surface area is 167 Å². The number of carbonyl (C=O) groups is 1. The third-order valence-corrected chi connectivity index (χ3v) is 4.49. The lowest BCUT2D eigenvalue weighted by Crippen LogP contribution is -2.20. The number of hydrogen-bond donors (Lipinski definition) is 1. The van der Waals surface area contributed by atoms with Crippen LogP contribution in [0.15, 0.2) is 82.5 Å². The number of furan rings is 1. The van der Waals surface area contributed by atoms with Crippen LogP contribution in [-0.4, -0.2) is 16.6 Å². The van der Waals surface area contributed by atoms with Gasteiger partial charge in [0.25, 0.3) is 5.91 Å². The molecule has 0 radical (unpaired) electrons. The molecule has 1 N–H and O–H groups in total. The van der Waals surface area contributed by atoms with Crippen molar-refractivity contribution in [2.75, 3.05) is 0 Å². The Kier molecular flexibility index (Phi) is 4.87. The van der Waals surface area contributed by atoms with Gasteiger partial charge in [-0.3, -0.25) is 4.79 Å². The molecule has 0 atom stereocenters. The Morgan fingerprint density at radius 3 is 2.62 bits per heavy atom. The van der Waals surface area contributed by atoms with Gasteiger partial charge in [0.15, 0.2) is 5.76 Å². The molecule has 4 aromatic rings. The summed E-state index contributed by atoms with van der Waals surface area (Å²) in [4.78, 5) is 17.5. The van der Waals surface area contributed by atoms with Gasteiger partial charge in [0, 0.05) is 5.39 Å². The fraction of sp³-hybridized carbons (Fsp3) is 0.0435. The maximum Gasteiger partial charge on any atom is 0.272 e. The van der Waals surface area contributed by atoms with Crippen molar-refractivity contribution < 1.29 is 9.21 Å². The van der Waals surface area contributed by atoms with Crippen molar-refractivity contribution in [3.8, 4) is 17.5 Å². The van der Waals surface area contributed by atoms with E-state index in [1.54, 1.807) is 55.7 Å². The van der Waals surface area contributed by atoms with Gasteiger partial charge in [0.1, 0.15) is 5.69 Å². The van der Waals surface area contributed by atoms with Gasteiger partial charge in [-0.25, -0.2) is 10.4 Å². The van der Waals surface area contributed by atoms with Crippen LogP contribution in [0.4, 0.5) is 0 Å². The summed E-state index contributed by atoms with van der Waals surface area (Å²) in [5.41, 5.74) is 6.36. The maximum atomic E-state index is 12.9. The zero-order valence-corrected chi connectivity index (χ0v) is 15.6. The number of nitriles is 1. The monoisotopic (exact) mass is 380 g/mol. The molecule has 2 aromatic carbocycles. The second-order valence-corrected chi connectivity index (χ2v) is 6.38. The van der Waals surface area contributed by atoms with Crippen LogP contribution in [0, 0.1) is 11.3 Å². The van der Waals surface area contributed by atoms with Gasteiger partial charge in [0.05, 0.1) is 34.7 Å². The molecule has 1 amide bonds. The summed E-state index contributed by atoms with van der Waals surface area (Å²) in [5, 5.41) is 13.8. The molecule has 0 bridgehead atoms. The van der Waals surface area contributed by atoms with E-state index in [1.165, 1.54) is 0 Å². The molecule has 4 rings (SSSR count). The van der Waals surface area contributed by atoms with E-state index in [-0.39, 0.29) is 5.91 Å². The molecule has 0 aliphatic carbocycles. The van der Waals surface area contributed by atoms with Crippen molar-refractivity contribution in [3.05, 3.63) is 89.7 Å². The molecule has 6 heteroatoms. The third kappa shape index (κ3) is 3.75. The zero-order chi connectivity index (χ0) is 20.2. The Hall–Kier alpha value is -4.24. The number of nitrogens with zero attached hydrogens (tertiary/aromatic N) is 3. The van der Waals surface area contributed by atoms with Gasteiger partial charge in [-0.05, 0) is 48.9 Å². The lowest BCUT2D eigenvalue weighted by atomic mass is 10.1. The molecule has 6 nitrogen and oxygen atoms in total. The van der Waals surface area contributed by atoms with Crippen LogP contribution < -0.4 is 5.43 Å². The number of pyridine rings is 1. The van der Waals surface area contributed by atoms with Gasteiger partial charge < -0.3 is 4.42 Å². The highest BCUT2D eigenvalue weighted by Gasteiger charge is 2.15. The van der Waals surface area contributed by atoms with E-state index in [2.05, 4.69) is 21.6 Å². The minimum atomic E-state index is -0.343. The number of hydrogen-bond acceptors (Lipinski definition) is 5. The SMILES string of the molecule is C/C(=N/NC(=O)c1cc(-c2ccco2)nc2ccccc12)c1ccc(C#N)cc1. The summed E-state index contributed by atoms with van der Waals surface area (Å²) >= 11 is 0. The largest absolute Gasteiger partial charge is 0.463 e. The number of carbonyl (C=O) groups excluding carboxylic acids is 1. The number of fused-ring (bicyclic) bond motifs is 1. The van der Waals surface area contributed by atoms with Crippen molar-refractivity contribution in [1.29, 1.82) is 5.26 Å². The molecule has 0 aliphatic rings. The topological polar surface area (TPSA) is 91.3 Å². The average Bonchev–Trinajstić information content (AvgIpc) is 3.31. The molecule has 0 unspecified atom stereocenters. The van der Waals surface area contributed by atoms with Crippen LogP contribution in [0.2, 0.25) is 0 Å². The molecule has 0 fully saturated rings. The predicted octanol–water partition coefficient (Wildman–Crippen LogP) is 4.52. The minimum Gasteiger partial charge on any atom is -0.463 e.